The molecular formula is C44H35F3N8O6RuS. The zero-order valence-electron chi connectivity index (χ0n) is 33.7. The molecule has 0 radical (unpaired) electrons. The summed E-state index contributed by atoms with van der Waals surface area (Å²) in [5, 5.41) is 15.5. The van der Waals surface area contributed by atoms with E-state index in [0.717, 1.165) is 33.6 Å². The number of nitrogens with one attached hydrogen (secondary N) is 2. The molecule has 2 aromatic carbocycles. The van der Waals surface area contributed by atoms with Gasteiger partial charge in [-0.2, -0.15) is 18.3 Å². The van der Waals surface area contributed by atoms with Crippen LogP contribution in [0.1, 0.15) is 27.9 Å². The summed E-state index contributed by atoms with van der Waals surface area (Å²) >= 11 is 3.70. The SMILES string of the molecule is Cc1cc(C)cc(N(c2ccc(/C([NH-])=C/C(=N)C(F)(F)F)nc2)c2cc(C)cc(C)c2)c1.O=COc1ccnc(-c2cc(OC=O)cc(-c3cc(OC=O)ccn3)n2)c1.[N-]=C=S.[Ru+2]. The molecule has 0 fully saturated rings. The van der Waals surface area contributed by atoms with Crippen LogP contribution >= 0.6 is 12.2 Å². The van der Waals surface area contributed by atoms with E-state index >= 15 is 0 Å². The second kappa shape index (κ2) is 23.6. The van der Waals surface area contributed by atoms with E-state index in [1.807, 2.05) is 32.6 Å². The van der Waals surface area contributed by atoms with E-state index in [4.69, 9.17) is 30.8 Å². The largest absolute Gasteiger partial charge is 2.00 e. The van der Waals surface area contributed by atoms with Crippen molar-refractivity contribution in [3.05, 3.63) is 149 Å². The van der Waals surface area contributed by atoms with Gasteiger partial charge in [-0.3, -0.25) is 34.7 Å². The molecule has 0 aliphatic carbocycles. The van der Waals surface area contributed by atoms with E-state index in [0.29, 0.717) is 47.5 Å². The van der Waals surface area contributed by atoms with Crippen LogP contribution in [0.3, 0.4) is 0 Å². The smallest absolute Gasteiger partial charge is 0.753 e. The molecule has 0 atom stereocenters. The number of hydrogen-bond acceptors (Lipinski definition) is 13. The van der Waals surface area contributed by atoms with Crippen LogP contribution in [0, 0.1) is 33.1 Å². The first-order valence-corrected chi connectivity index (χ1v) is 18.3. The van der Waals surface area contributed by atoms with Gasteiger partial charge < -0.3 is 30.3 Å². The van der Waals surface area contributed by atoms with Crippen molar-refractivity contribution in [1.29, 1.82) is 5.41 Å². The van der Waals surface area contributed by atoms with Crippen molar-refractivity contribution in [3.63, 3.8) is 0 Å². The van der Waals surface area contributed by atoms with Crippen molar-refractivity contribution in [3.8, 4) is 40.0 Å². The fraction of sp³-hybridized carbons (Fsp3) is 0.114. The Bertz CT molecular complexity index is 2480. The molecule has 0 aliphatic heterocycles. The average Bonchev–Trinajstić information content (AvgIpc) is 3.21. The van der Waals surface area contributed by atoms with Crippen molar-refractivity contribution >= 4 is 65.3 Å². The number of hydrogen-bond donors (Lipinski definition) is 1. The Balaban J connectivity index is 0.000000315. The zero-order valence-corrected chi connectivity index (χ0v) is 36.2. The molecule has 0 bridgehead atoms. The van der Waals surface area contributed by atoms with E-state index < -0.39 is 17.6 Å². The van der Waals surface area contributed by atoms with Crippen LogP contribution < -0.4 is 19.1 Å². The first-order chi connectivity index (χ1) is 29.6. The number of carbonyl (C=O) groups excluding carboxylic acids is 3. The average molecular weight is 962 g/mol. The van der Waals surface area contributed by atoms with Gasteiger partial charge in [-0.15, -0.1) is 5.70 Å². The zero-order chi connectivity index (χ0) is 45.4. The van der Waals surface area contributed by atoms with Gasteiger partial charge in [-0.1, -0.05) is 24.4 Å². The van der Waals surface area contributed by atoms with Crippen LogP contribution in [0.4, 0.5) is 30.2 Å². The number of isothiocyanates is 1. The Morgan fingerprint density at radius 3 is 1.48 bits per heavy atom. The van der Waals surface area contributed by atoms with E-state index in [-0.39, 0.29) is 48.9 Å². The van der Waals surface area contributed by atoms with Crippen LogP contribution in [-0.2, 0) is 33.9 Å². The maximum Gasteiger partial charge on any atom is 2.00 e. The second-order valence-electron chi connectivity index (χ2n) is 13.0. The second-order valence-corrected chi connectivity index (χ2v) is 13.1. The monoisotopic (exact) mass is 962 g/mol. The Labute approximate surface area is 377 Å². The maximum absolute atomic E-state index is 12.6. The summed E-state index contributed by atoms with van der Waals surface area (Å²) in [7, 11) is 0. The van der Waals surface area contributed by atoms with Crippen molar-refractivity contribution < 1.29 is 61.2 Å². The molecule has 63 heavy (non-hydrogen) atoms. The number of aromatic nitrogens is 4. The molecule has 0 saturated heterocycles. The number of alkyl halides is 3. The number of carbonyl (C=O) groups is 3. The third-order valence-electron chi connectivity index (χ3n) is 8.14. The summed E-state index contributed by atoms with van der Waals surface area (Å²) in [4.78, 5) is 50.9. The summed E-state index contributed by atoms with van der Waals surface area (Å²) in [6.45, 7) is 8.95. The van der Waals surface area contributed by atoms with Crippen LogP contribution in [0.2, 0.25) is 0 Å². The molecule has 19 heteroatoms. The van der Waals surface area contributed by atoms with Crippen molar-refractivity contribution in [2.75, 3.05) is 4.90 Å². The number of benzene rings is 2. The van der Waals surface area contributed by atoms with Gasteiger partial charge in [0.05, 0.1) is 34.7 Å². The third-order valence-corrected chi connectivity index (χ3v) is 8.14. The Kier molecular flexibility index (Phi) is 18.8. The standard InChI is InChI=1S/C25H24F3N4.C18H11N3O6.CNS.Ru/c1-15-7-16(2)10-20(9-15)32(21-11-17(3)8-18(4)12-21)19-5-6-23(31-14-19)22(29)13-24(30)25(26,27)28;22-9-25-12-1-3-19-15(5-12)17-7-14(27-11-24)8-18(21-17)16-6-13(26-10-23)2-4-20-16;2-1-3;/h5-14,29-30H,1-4H3;1-11H;;/q-1;;-1;+2/b22-13-,30-24?;;;. The Morgan fingerprint density at radius 2 is 1.10 bits per heavy atom. The number of halogens is 3. The minimum absolute atomic E-state index is 0. The summed E-state index contributed by atoms with van der Waals surface area (Å²) in [5.41, 5.74) is 14.3. The van der Waals surface area contributed by atoms with Crippen LogP contribution in [0.15, 0.2) is 110 Å². The van der Waals surface area contributed by atoms with E-state index in [1.54, 1.807) is 6.07 Å². The predicted molar refractivity (Wildman–Crippen MR) is 231 cm³/mol. The molecule has 0 unspecified atom stereocenters. The molecule has 0 amide bonds. The molecule has 0 saturated carbocycles. The number of thiocarbonyl (C=S) groups is 1. The van der Waals surface area contributed by atoms with Crippen LogP contribution in [0.5, 0.6) is 17.2 Å². The number of anilines is 3. The molecule has 4 aromatic heterocycles. The molecule has 2 N–H and O–H groups in total. The van der Waals surface area contributed by atoms with E-state index in [9.17, 15) is 27.6 Å². The molecule has 14 nitrogen and oxygen atoms in total. The molecule has 6 rings (SSSR count). The van der Waals surface area contributed by atoms with Gasteiger partial charge in [0.15, 0.2) is 0 Å². The van der Waals surface area contributed by atoms with Gasteiger partial charge in [0, 0.05) is 53.7 Å². The molecule has 4 heterocycles. The van der Waals surface area contributed by atoms with Gasteiger partial charge >= 0.3 is 25.7 Å². The van der Waals surface area contributed by atoms with Crippen molar-refractivity contribution in [2.45, 2.75) is 33.9 Å². The van der Waals surface area contributed by atoms with E-state index in [1.165, 1.54) is 66.2 Å². The maximum atomic E-state index is 12.6. The van der Waals surface area contributed by atoms with Crippen LogP contribution in [0.25, 0.3) is 39.6 Å². The molecule has 322 valence electrons. The minimum Gasteiger partial charge on any atom is -0.753 e. The first kappa shape index (κ1) is 50.0. The number of ether oxygens (including phenoxy) is 3. The van der Waals surface area contributed by atoms with Crippen molar-refractivity contribution in [2.24, 2.45) is 0 Å². The third kappa shape index (κ3) is 14.7. The minimum atomic E-state index is -4.80. The Morgan fingerprint density at radius 1 is 0.683 bits per heavy atom. The number of nitrogens with zero attached hydrogens (tertiary/aromatic N) is 6. The normalized spacial score (nSPS) is 10.5. The Hall–Kier alpha value is -7.33. The fourth-order valence-corrected chi connectivity index (χ4v) is 5.84. The molecular weight excluding hydrogens is 927 g/mol. The number of pyridine rings is 4. The number of aryl methyl sites for hydroxylation is 4. The summed E-state index contributed by atoms with van der Waals surface area (Å²) in [6.07, 6.45) is 0.0894. The predicted octanol–water partition coefficient (Wildman–Crippen LogP) is 10.2. The molecule has 6 aromatic rings. The van der Waals surface area contributed by atoms with Gasteiger partial charge in [0.25, 0.3) is 19.4 Å². The fourth-order valence-electron chi connectivity index (χ4n) is 5.84. The van der Waals surface area contributed by atoms with Gasteiger partial charge in [0.1, 0.15) is 23.0 Å². The summed E-state index contributed by atoms with van der Waals surface area (Å²) in [5.74, 6) is 0.760. The molecule has 0 spiro atoms. The van der Waals surface area contributed by atoms with Gasteiger partial charge in [-0.25, -0.2) is 4.98 Å². The quantitative estimate of drug-likeness (QED) is 0.0497. The van der Waals surface area contributed by atoms with E-state index in [2.05, 4.69) is 68.6 Å². The van der Waals surface area contributed by atoms with Gasteiger partial charge in [0.2, 0.25) is 0 Å². The topological polar surface area (TPSA) is 204 Å². The van der Waals surface area contributed by atoms with Crippen LogP contribution in [-0.4, -0.2) is 56.4 Å². The van der Waals surface area contributed by atoms with Gasteiger partial charge in [-0.05, 0) is 105 Å². The number of allylic oxidation sites excluding steroid dienone is 1. The summed E-state index contributed by atoms with van der Waals surface area (Å²) in [6, 6.07) is 24.6. The first-order valence-electron chi connectivity index (χ1n) is 17.9. The summed E-state index contributed by atoms with van der Waals surface area (Å²) < 4.78 is 52.4. The molecule has 0 aliphatic rings. The number of rotatable bonds is 13. The van der Waals surface area contributed by atoms with Crippen molar-refractivity contribution in [1.82, 2.24) is 19.9 Å².